The largest absolute Gasteiger partial charge is 0.508 e. The number of nitrogens with one attached hydrogen (secondary N) is 1. The number of aromatic hydroxyl groups is 2. The van der Waals surface area contributed by atoms with Crippen molar-refractivity contribution in [1.29, 1.82) is 0 Å². The third-order valence-corrected chi connectivity index (χ3v) is 2.24. The molecule has 5 heteroatoms. The van der Waals surface area contributed by atoms with Crippen molar-refractivity contribution in [2.24, 2.45) is 5.10 Å². The van der Waals surface area contributed by atoms with Crippen molar-refractivity contribution >= 4 is 5.84 Å². The number of nitrogens with zero attached hydrogens (tertiary/aromatic N) is 2. The van der Waals surface area contributed by atoms with Crippen molar-refractivity contribution in [3.05, 3.63) is 36.2 Å². The Balaban J connectivity index is 2.43. The van der Waals surface area contributed by atoms with E-state index in [1.54, 1.807) is 18.0 Å². The summed E-state index contributed by atoms with van der Waals surface area (Å²) in [6.07, 6.45) is 0. The van der Waals surface area contributed by atoms with Gasteiger partial charge in [0.2, 0.25) is 0 Å². The standard InChI is InChI=1S/C10H11N3O2/c1-6-11-12-10(13(6)2)8-4-3-7(14)5-9(8)15/h3-5,11,14-15H,1H2,2H3. The molecular weight excluding hydrogens is 194 g/mol. The number of amidine groups is 1. The first-order valence-corrected chi connectivity index (χ1v) is 4.38. The Hall–Kier alpha value is -2.17. The predicted octanol–water partition coefficient (Wildman–Crippen LogP) is 0.766. The molecule has 1 aliphatic rings. The molecule has 5 nitrogen and oxygen atoms in total. The minimum atomic E-state index is -0.0166. The third-order valence-electron chi connectivity index (χ3n) is 2.24. The Morgan fingerprint density at radius 3 is 2.67 bits per heavy atom. The van der Waals surface area contributed by atoms with E-state index in [1.165, 1.54) is 12.1 Å². The summed E-state index contributed by atoms with van der Waals surface area (Å²) in [5, 5.41) is 22.8. The molecule has 0 bridgehead atoms. The first-order chi connectivity index (χ1) is 7.09. The summed E-state index contributed by atoms with van der Waals surface area (Å²) in [5.41, 5.74) is 3.25. The SMILES string of the molecule is C=C1NN=C(c2ccc(O)cc2O)N1C. The second-order valence-electron chi connectivity index (χ2n) is 3.25. The zero-order valence-corrected chi connectivity index (χ0v) is 8.23. The quantitative estimate of drug-likeness (QED) is 0.633. The third kappa shape index (κ3) is 1.48. The average Bonchev–Trinajstić information content (AvgIpc) is 2.49. The molecule has 78 valence electrons. The van der Waals surface area contributed by atoms with E-state index in [2.05, 4.69) is 17.1 Å². The van der Waals surface area contributed by atoms with E-state index in [-0.39, 0.29) is 11.5 Å². The summed E-state index contributed by atoms with van der Waals surface area (Å²) in [6.45, 7) is 3.73. The van der Waals surface area contributed by atoms with Crippen molar-refractivity contribution in [2.45, 2.75) is 0 Å². The molecule has 3 N–H and O–H groups in total. The molecule has 0 saturated heterocycles. The number of rotatable bonds is 1. The summed E-state index contributed by atoms with van der Waals surface area (Å²) in [5.74, 6) is 1.20. The lowest BCUT2D eigenvalue weighted by atomic mass is 10.1. The Kier molecular flexibility index (Phi) is 2.00. The lowest BCUT2D eigenvalue weighted by Crippen LogP contribution is -2.22. The van der Waals surface area contributed by atoms with Crippen molar-refractivity contribution in [1.82, 2.24) is 10.3 Å². The maximum atomic E-state index is 9.63. The average molecular weight is 205 g/mol. The zero-order chi connectivity index (χ0) is 11.0. The van der Waals surface area contributed by atoms with Gasteiger partial charge in [0.25, 0.3) is 0 Å². The lowest BCUT2D eigenvalue weighted by molar-refractivity contribution is 0.449. The normalized spacial score (nSPS) is 15.1. The molecule has 0 radical (unpaired) electrons. The molecule has 0 atom stereocenters. The van der Waals surface area contributed by atoms with Gasteiger partial charge in [-0.05, 0) is 12.1 Å². The van der Waals surface area contributed by atoms with Crippen LogP contribution in [0.3, 0.4) is 0 Å². The molecule has 1 aromatic carbocycles. The molecule has 0 fully saturated rings. The van der Waals surface area contributed by atoms with E-state index in [1.807, 2.05) is 0 Å². The van der Waals surface area contributed by atoms with Crippen LogP contribution in [0.15, 0.2) is 35.7 Å². The zero-order valence-electron chi connectivity index (χ0n) is 8.23. The maximum absolute atomic E-state index is 9.63. The second kappa shape index (κ2) is 3.20. The van der Waals surface area contributed by atoms with Gasteiger partial charge in [-0.15, -0.1) is 0 Å². The summed E-state index contributed by atoms with van der Waals surface area (Å²) >= 11 is 0. The van der Waals surface area contributed by atoms with E-state index in [9.17, 15) is 5.11 Å². The summed E-state index contributed by atoms with van der Waals surface area (Å²) in [6, 6.07) is 4.36. The lowest BCUT2D eigenvalue weighted by Gasteiger charge is -2.14. The van der Waals surface area contributed by atoms with Gasteiger partial charge < -0.3 is 15.1 Å². The Labute approximate surface area is 87.0 Å². The molecule has 0 aliphatic carbocycles. The molecule has 0 spiro atoms. The van der Waals surface area contributed by atoms with Crippen LogP contribution in [-0.4, -0.2) is 28.0 Å². The second-order valence-corrected chi connectivity index (χ2v) is 3.25. The summed E-state index contributed by atoms with van der Waals surface area (Å²) in [7, 11) is 1.79. The summed E-state index contributed by atoms with van der Waals surface area (Å²) in [4.78, 5) is 1.71. The number of phenolic OH excluding ortho intramolecular Hbond substituents is 2. The number of hydrogen-bond acceptors (Lipinski definition) is 5. The fraction of sp³-hybridized carbons (Fsp3) is 0.100. The predicted molar refractivity (Wildman–Crippen MR) is 56.3 cm³/mol. The number of phenols is 2. The van der Waals surface area contributed by atoms with Crippen LogP contribution in [0.25, 0.3) is 0 Å². The highest BCUT2D eigenvalue weighted by atomic mass is 16.3. The first kappa shape index (κ1) is 9.39. The van der Waals surface area contributed by atoms with E-state index >= 15 is 0 Å². The van der Waals surface area contributed by atoms with Gasteiger partial charge in [-0.25, -0.2) is 0 Å². The molecule has 0 unspecified atom stereocenters. The van der Waals surface area contributed by atoms with Gasteiger partial charge in [-0.1, -0.05) is 6.58 Å². The minimum absolute atomic E-state index is 0.0166. The monoisotopic (exact) mass is 205 g/mol. The Bertz CT molecular complexity index is 454. The maximum Gasteiger partial charge on any atom is 0.165 e. The van der Waals surface area contributed by atoms with E-state index in [0.29, 0.717) is 17.2 Å². The number of hydrazone groups is 1. The smallest absolute Gasteiger partial charge is 0.165 e. The van der Waals surface area contributed by atoms with Crippen LogP contribution < -0.4 is 5.43 Å². The molecular formula is C10H11N3O2. The first-order valence-electron chi connectivity index (χ1n) is 4.38. The molecule has 1 aromatic rings. The fourth-order valence-electron chi connectivity index (χ4n) is 1.35. The molecule has 0 amide bonds. The number of hydrogen-bond donors (Lipinski definition) is 3. The van der Waals surface area contributed by atoms with Crippen LogP contribution in [-0.2, 0) is 0 Å². The van der Waals surface area contributed by atoms with Crippen molar-refractivity contribution in [2.75, 3.05) is 7.05 Å². The molecule has 2 rings (SSSR count). The van der Waals surface area contributed by atoms with E-state index in [4.69, 9.17) is 5.11 Å². The minimum Gasteiger partial charge on any atom is -0.508 e. The van der Waals surface area contributed by atoms with Crippen LogP contribution in [0.1, 0.15) is 5.56 Å². The summed E-state index contributed by atoms with van der Waals surface area (Å²) < 4.78 is 0. The number of benzene rings is 1. The van der Waals surface area contributed by atoms with Crippen molar-refractivity contribution in [3.63, 3.8) is 0 Å². The van der Waals surface area contributed by atoms with Gasteiger partial charge in [0, 0.05) is 13.1 Å². The van der Waals surface area contributed by atoms with E-state index < -0.39 is 0 Å². The Morgan fingerprint density at radius 2 is 2.13 bits per heavy atom. The van der Waals surface area contributed by atoms with Crippen LogP contribution in [0, 0.1) is 0 Å². The molecule has 0 saturated carbocycles. The molecule has 1 heterocycles. The highest BCUT2D eigenvalue weighted by Crippen LogP contribution is 2.25. The van der Waals surface area contributed by atoms with Crippen molar-refractivity contribution < 1.29 is 10.2 Å². The van der Waals surface area contributed by atoms with Gasteiger partial charge >= 0.3 is 0 Å². The Morgan fingerprint density at radius 1 is 1.40 bits per heavy atom. The van der Waals surface area contributed by atoms with Crippen LogP contribution in [0.5, 0.6) is 11.5 Å². The van der Waals surface area contributed by atoms with Gasteiger partial charge in [0.15, 0.2) is 5.84 Å². The highest BCUT2D eigenvalue weighted by Gasteiger charge is 2.20. The molecule has 0 aromatic heterocycles. The van der Waals surface area contributed by atoms with Gasteiger partial charge in [-0.3, -0.25) is 5.43 Å². The topological polar surface area (TPSA) is 68.1 Å². The highest BCUT2D eigenvalue weighted by molar-refractivity contribution is 6.02. The van der Waals surface area contributed by atoms with Crippen LogP contribution in [0.4, 0.5) is 0 Å². The van der Waals surface area contributed by atoms with Gasteiger partial charge in [0.05, 0.1) is 5.56 Å². The van der Waals surface area contributed by atoms with E-state index in [0.717, 1.165) is 0 Å². The van der Waals surface area contributed by atoms with Crippen molar-refractivity contribution in [3.8, 4) is 11.5 Å². The van der Waals surface area contributed by atoms with Gasteiger partial charge in [-0.2, -0.15) is 5.10 Å². The van der Waals surface area contributed by atoms with Gasteiger partial charge in [0.1, 0.15) is 17.3 Å². The molecule has 1 aliphatic heterocycles. The fourth-order valence-corrected chi connectivity index (χ4v) is 1.35. The molecule has 15 heavy (non-hydrogen) atoms. The van der Waals surface area contributed by atoms with Crippen LogP contribution >= 0.6 is 0 Å². The van der Waals surface area contributed by atoms with Crippen LogP contribution in [0.2, 0.25) is 0 Å².